The minimum Gasteiger partial charge on any atom is -0.396 e. The highest BCUT2D eigenvalue weighted by Gasteiger charge is 2.07. The Bertz CT molecular complexity index is 77.2. The summed E-state index contributed by atoms with van der Waals surface area (Å²) in [4.78, 5) is 0. The standard InChI is InChI=1S/C10H22O3/c1-3-8-12-10(6-5-7-11)13-9-4-2/h10-11H,3-9H2,1-2H3. The molecule has 0 aliphatic heterocycles. The first-order valence-electron chi connectivity index (χ1n) is 5.19. The lowest BCUT2D eigenvalue weighted by Gasteiger charge is -2.17. The van der Waals surface area contributed by atoms with Gasteiger partial charge in [0.05, 0.1) is 0 Å². The normalized spacial score (nSPS) is 11.1. The molecule has 0 unspecified atom stereocenters. The lowest BCUT2D eigenvalue weighted by atomic mass is 10.3. The lowest BCUT2D eigenvalue weighted by Crippen LogP contribution is -2.18. The second kappa shape index (κ2) is 9.96. The van der Waals surface area contributed by atoms with E-state index < -0.39 is 0 Å². The minimum absolute atomic E-state index is 0.118. The van der Waals surface area contributed by atoms with Gasteiger partial charge in [0.25, 0.3) is 0 Å². The van der Waals surface area contributed by atoms with Crippen molar-refractivity contribution >= 4 is 0 Å². The smallest absolute Gasteiger partial charge is 0.157 e. The average Bonchev–Trinajstić information content (AvgIpc) is 2.17. The third-order valence-corrected chi connectivity index (χ3v) is 1.61. The minimum atomic E-state index is -0.118. The first-order valence-corrected chi connectivity index (χ1v) is 5.19. The Hall–Kier alpha value is -0.120. The highest BCUT2D eigenvalue weighted by atomic mass is 16.7. The fourth-order valence-electron chi connectivity index (χ4n) is 0.971. The van der Waals surface area contributed by atoms with Crippen molar-refractivity contribution in [3.05, 3.63) is 0 Å². The van der Waals surface area contributed by atoms with Gasteiger partial charge >= 0.3 is 0 Å². The summed E-state index contributed by atoms with van der Waals surface area (Å²) >= 11 is 0. The van der Waals surface area contributed by atoms with E-state index >= 15 is 0 Å². The molecular weight excluding hydrogens is 168 g/mol. The van der Waals surface area contributed by atoms with Crippen LogP contribution in [-0.4, -0.2) is 31.2 Å². The number of ether oxygens (including phenoxy) is 2. The van der Waals surface area contributed by atoms with Crippen LogP contribution in [0.1, 0.15) is 39.5 Å². The van der Waals surface area contributed by atoms with Gasteiger partial charge in [0, 0.05) is 26.2 Å². The molecular formula is C10H22O3. The molecule has 0 fully saturated rings. The van der Waals surface area contributed by atoms with Crippen molar-refractivity contribution in [3.63, 3.8) is 0 Å². The molecule has 0 aromatic heterocycles. The molecule has 3 heteroatoms. The van der Waals surface area contributed by atoms with Gasteiger partial charge in [-0.2, -0.15) is 0 Å². The zero-order chi connectivity index (χ0) is 9.94. The number of rotatable bonds is 9. The van der Waals surface area contributed by atoms with Crippen LogP contribution < -0.4 is 0 Å². The Balaban J connectivity index is 3.47. The van der Waals surface area contributed by atoms with E-state index in [0.717, 1.165) is 38.9 Å². The maximum absolute atomic E-state index is 8.65. The van der Waals surface area contributed by atoms with Gasteiger partial charge in [-0.3, -0.25) is 0 Å². The van der Waals surface area contributed by atoms with Crippen molar-refractivity contribution in [3.8, 4) is 0 Å². The monoisotopic (exact) mass is 190 g/mol. The fourth-order valence-corrected chi connectivity index (χ4v) is 0.971. The van der Waals surface area contributed by atoms with E-state index in [9.17, 15) is 0 Å². The molecule has 0 radical (unpaired) electrons. The summed E-state index contributed by atoms with van der Waals surface area (Å²) in [6.45, 7) is 5.83. The molecule has 0 aliphatic rings. The zero-order valence-corrected chi connectivity index (χ0v) is 8.79. The number of aliphatic hydroxyl groups is 1. The van der Waals surface area contributed by atoms with Crippen LogP contribution in [0.2, 0.25) is 0 Å². The van der Waals surface area contributed by atoms with Crippen LogP contribution in [0.5, 0.6) is 0 Å². The lowest BCUT2D eigenvalue weighted by molar-refractivity contribution is -0.147. The Morgan fingerprint density at radius 3 is 2.00 bits per heavy atom. The predicted molar refractivity (Wildman–Crippen MR) is 52.6 cm³/mol. The molecule has 0 aromatic rings. The molecule has 13 heavy (non-hydrogen) atoms. The Labute approximate surface area is 81.0 Å². The maximum Gasteiger partial charge on any atom is 0.157 e. The van der Waals surface area contributed by atoms with E-state index in [2.05, 4.69) is 13.8 Å². The molecule has 0 rings (SSSR count). The molecule has 0 bridgehead atoms. The van der Waals surface area contributed by atoms with Gasteiger partial charge in [0.2, 0.25) is 0 Å². The topological polar surface area (TPSA) is 38.7 Å². The Morgan fingerprint density at radius 1 is 1.08 bits per heavy atom. The SMILES string of the molecule is CCCOC(CCCO)OCCC. The van der Waals surface area contributed by atoms with Crippen molar-refractivity contribution in [1.82, 2.24) is 0 Å². The van der Waals surface area contributed by atoms with Gasteiger partial charge in [-0.1, -0.05) is 13.8 Å². The fraction of sp³-hybridized carbons (Fsp3) is 1.00. The number of hydrogen-bond acceptors (Lipinski definition) is 3. The van der Waals surface area contributed by atoms with Crippen molar-refractivity contribution in [2.75, 3.05) is 19.8 Å². The van der Waals surface area contributed by atoms with Crippen LogP contribution in [-0.2, 0) is 9.47 Å². The van der Waals surface area contributed by atoms with E-state index in [1.807, 2.05) is 0 Å². The van der Waals surface area contributed by atoms with Crippen molar-refractivity contribution in [2.24, 2.45) is 0 Å². The number of hydrogen-bond donors (Lipinski definition) is 1. The van der Waals surface area contributed by atoms with Gasteiger partial charge in [-0.25, -0.2) is 0 Å². The van der Waals surface area contributed by atoms with Gasteiger partial charge in [0.1, 0.15) is 0 Å². The largest absolute Gasteiger partial charge is 0.396 e. The molecule has 0 aromatic carbocycles. The molecule has 1 N–H and O–H groups in total. The first kappa shape index (κ1) is 12.9. The summed E-state index contributed by atoms with van der Waals surface area (Å²) in [5, 5.41) is 8.65. The van der Waals surface area contributed by atoms with E-state index in [1.54, 1.807) is 0 Å². The molecule has 0 amide bonds. The summed E-state index contributed by atoms with van der Waals surface area (Å²) in [5.74, 6) is 0. The van der Waals surface area contributed by atoms with Crippen LogP contribution in [0.15, 0.2) is 0 Å². The van der Waals surface area contributed by atoms with E-state index in [-0.39, 0.29) is 12.9 Å². The Kier molecular flexibility index (Phi) is 9.87. The third-order valence-electron chi connectivity index (χ3n) is 1.61. The molecule has 0 saturated carbocycles. The van der Waals surface area contributed by atoms with Crippen LogP contribution >= 0.6 is 0 Å². The summed E-state index contributed by atoms with van der Waals surface area (Å²) in [7, 11) is 0. The van der Waals surface area contributed by atoms with Gasteiger partial charge < -0.3 is 14.6 Å². The van der Waals surface area contributed by atoms with Crippen molar-refractivity contribution < 1.29 is 14.6 Å². The van der Waals surface area contributed by atoms with Crippen LogP contribution in [0.25, 0.3) is 0 Å². The molecule has 0 spiro atoms. The quantitative estimate of drug-likeness (QED) is 0.565. The summed E-state index contributed by atoms with van der Waals surface area (Å²) in [5.41, 5.74) is 0. The summed E-state index contributed by atoms with van der Waals surface area (Å²) < 4.78 is 10.9. The highest BCUT2D eigenvalue weighted by Crippen LogP contribution is 2.05. The van der Waals surface area contributed by atoms with Crippen molar-refractivity contribution in [1.29, 1.82) is 0 Å². The highest BCUT2D eigenvalue weighted by molar-refractivity contribution is 4.46. The summed E-state index contributed by atoms with van der Waals surface area (Å²) in [6.07, 6.45) is 3.43. The number of aliphatic hydroxyl groups excluding tert-OH is 1. The average molecular weight is 190 g/mol. The van der Waals surface area contributed by atoms with Gasteiger partial charge in [-0.15, -0.1) is 0 Å². The van der Waals surface area contributed by atoms with Crippen LogP contribution in [0.4, 0.5) is 0 Å². The zero-order valence-electron chi connectivity index (χ0n) is 8.79. The maximum atomic E-state index is 8.65. The van der Waals surface area contributed by atoms with Gasteiger partial charge in [-0.05, 0) is 19.3 Å². The summed E-state index contributed by atoms with van der Waals surface area (Å²) in [6, 6.07) is 0. The second-order valence-electron chi connectivity index (χ2n) is 3.04. The third kappa shape index (κ3) is 8.22. The van der Waals surface area contributed by atoms with E-state index in [4.69, 9.17) is 14.6 Å². The molecule has 0 aliphatic carbocycles. The Morgan fingerprint density at radius 2 is 1.62 bits per heavy atom. The van der Waals surface area contributed by atoms with Crippen LogP contribution in [0, 0.1) is 0 Å². The first-order chi connectivity index (χ1) is 6.35. The van der Waals surface area contributed by atoms with E-state index in [0.29, 0.717) is 0 Å². The molecule has 3 nitrogen and oxygen atoms in total. The second-order valence-corrected chi connectivity index (χ2v) is 3.04. The van der Waals surface area contributed by atoms with Crippen molar-refractivity contribution in [2.45, 2.75) is 45.8 Å². The van der Waals surface area contributed by atoms with E-state index in [1.165, 1.54) is 0 Å². The molecule has 0 saturated heterocycles. The molecule has 80 valence electrons. The van der Waals surface area contributed by atoms with Gasteiger partial charge in [0.15, 0.2) is 6.29 Å². The van der Waals surface area contributed by atoms with Crippen LogP contribution in [0.3, 0.4) is 0 Å². The molecule has 0 atom stereocenters. The molecule has 0 heterocycles. The predicted octanol–water partition coefficient (Wildman–Crippen LogP) is 1.94.